The Bertz CT molecular complexity index is 75.0. The van der Waals surface area contributed by atoms with Gasteiger partial charge in [-0.05, 0) is 0 Å². The molecule has 0 aromatic rings. The van der Waals surface area contributed by atoms with Crippen molar-refractivity contribution in [2.75, 3.05) is 20.8 Å². The number of rotatable bonds is 2. The molecule has 1 aliphatic rings. The summed E-state index contributed by atoms with van der Waals surface area (Å²) in [5.41, 5.74) is 0. The van der Waals surface area contributed by atoms with E-state index in [0.717, 1.165) is 0 Å². The fourth-order valence-corrected chi connectivity index (χ4v) is 0.607. The Morgan fingerprint density at radius 1 is 1.33 bits per heavy atom. The molecule has 4 nitrogen and oxygen atoms in total. The molecular formula is C5H10O4. The van der Waals surface area contributed by atoms with Crippen molar-refractivity contribution in [3.05, 3.63) is 0 Å². The van der Waals surface area contributed by atoms with Crippen molar-refractivity contribution in [1.82, 2.24) is 0 Å². The average molecular weight is 134 g/mol. The van der Waals surface area contributed by atoms with Gasteiger partial charge in [0.2, 0.25) is 0 Å². The van der Waals surface area contributed by atoms with E-state index in [2.05, 4.69) is 0 Å². The number of ether oxygens (including phenoxy) is 4. The highest BCUT2D eigenvalue weighted by atomic mass is 16.9. The monoisotopic (exact) mass is 134 g/mol. The Morgan fingerprint density at radius 3 is 2.44 bits per heavy atom. The van der Waals surface area contributed by atoms with Gasteiger partial charge in [-0.25, -0.2) is 0 Å². The molecule has 0 spiro atoms. The highest BCUT2D eigenvalue weighted by Crippen LogP contribution is 2.11. The average Bonchev–Trinajstić information content (AvgIpc) is 2.34. The van der Waals surface area contributed by atoms with E-state index in [4.69, 9.17) is 18.9 Å². The van der Waals surface area contributed by atoms with Crippen LogP contribution in [0.25, 0.3) is 0 Å². The number of methoxy groups -OCH3 is 2. The van der Waals surface area contributed by atoms with Gasteiger partial charge < -0.3 is 14.2 Å². The summed E-state index contributed by atoms with van der Waals surface area (Å²) in [7, 11) is 3.08. The van der Waals surface area contributed by atoms with Crippen LogP contribution in [0.5, 0.6) is 0 Å². The molecule has 4 heteroatoms. The van der Waals surface area contributed by atoms with Crippen molar-refractivity contribution in [1.29, 1.82) is 0 Å². The van der Waals surface area contributed by atoms with E-state index in [9.17, 15) is 0 Å². The lowest BCUT2D eigenvalue weighted by Crippen LogP contribution is -2.14. The summed E-state index contributed by atoms with van der Waals surface area (Å²) in [5, 5.41) is 0. The molecule has 1 saturated heterocycles. The first kappa shape index (κ1) is 6.95. The van der Waals surface area contributed by atoms with Gasteiger partial charge in [-0.15, -0.1) is 0 Å². The van der Waals surface area contributed by atoms with Gasteiger partial charge in [0.05, 0.1) is 0 Å². The molecule has 0 N–H and O–H groups in total. The van der Waals surface area contributed by atoms with Gasteiger partial charge in [0.15, 0.2) is 6.29 Å². The van der Waals surface area contributed by atoms with Gasteiger partial charge in [-0.2, -0.15) is 0 Å². The second-order valence-corrected chi connectivity index (χ2v) is 1.66. The normalized spacial score (nSPS) is 35.3. The van der Waals surface area contributed by atoms with Crippen LogP contribution in [-0.4, -0.2) is 33.6 Å². The molecule has 0 aliphatic carbocycles. The molecule has 9 heavy (non-hydrogen) atoms. The third-order valence-electron chi connectivity index (χ3n) is 1.09. The van der Waals surface area contributed by atoms with Crippen LogP contribution in [-0.2, 0) is 18.9 Å². The third kappa shape index (κ3) is 1.62. The smallest absolute Gasteiger partial charge is 0.273 e. The van der Waals surface area contributed by atoms with Crippen molar-refractivity contribution in [3.63, 3.8) is 0 Å². The second kappa shape index (κ2) is 3.12. The molecule has 54 valence electrons. The zero-order chi connectivity index (χ0) is 6.69. The van der Waals surface area contributed by atoms with Crippen molar-refractivity contribution in [2.45, 2.75) is 12.8 Å². The summed E-state index contributed by atoms with van der Waals surface area (Å²) in [5.74, 6) is 0. The predicted molar refractivity (Wildman–Crippen MR) is 28.6 cm³/mol. The predicted octanol–water partition coefficient (Wildman–Crippen LogP) is -0.0643. The molecule has 0 radical (unpaired) electrons. The van der Waals surface area contributed by atoms with Gasteiger partial charge >= 0.3 is 0 Å². The molecule has 0 saturated carbocycles. The van der Waals surface area contributed by atoms with E-state index in [1.807, 2.05) is 0 Å². The third-order valence-corrected chi connectivity index (χ3v) is 1.09. The van der Waals surface area contributed by atoms with Gasteiger partial charge in [-0.1, -0.05) is 0 Å². The summed E-state index contributed by atoms with van der Waals surface area (Å²) in [6, 6.07) is 0. The first-order chi connectivity index (χ1) is 4.36. The molecule has 2 atom stereocenters. The minimum absolute atomic E-state index is 0.269. The van der Waals surface area contributed by atoms with Gasteiger partial charge in [-0.3, -0.25) is 4.74 Å². The standard InChI is InChI=1S/C5H10O4/c1-6-4-3-8-5(7-2)9-4/h4-5H,3H2,1-2H3. The van der Waals surface area contributed by atoms with Crippen molar-refractivity contribution in [3.8, 4) is 0 Å². The van der Waals surface area contributed by atoms with Gasteiger partial charge in [0, 0.05) is 14.2 Å². The molecule has 2 unspecified atom stereocenters. The van der Waals surface area contributed by atoms with E-state index in [1.165, 1.54) is 7.11 Å². The maximum atomic E-state index is 4.99. The molecule has 0 bridgehead atoms. The van der Waals surface area contributed by atoms with Crippen LogP contribution in [0.1, 0.15) is 0 Å². The molecule has 1 aliphatic heterocycles. The molecule has 1 fully saturated rings. The lowest BCUT2D eigenvalue weighted by atomic mass is 10.7. The number of hydrogen-bond acceptors (Lipinski definition) is 4. The summed E-state index contributed by atoms with van der Waals surface area (Å²) in [6.07, 6.45) is -0.269. The first-order valence-corrected chi connectivity index (χ1v) is 2.69. The van der Waals surface area contributed by atoms with Crippen LogP contribution >= 0.6 is 0 Å². The van der Waals surface area contributed by atoms with Crippen LogP contribution in [0.15, 0.2) is 0 Å². The van der Waals surface area contributed by atoms with Crippen molar-refractivity contribution < 1.29 is 18.9 Å². The minimum atomic E-state index is -0.546. The van der Waals surface area contributed by atoms with E-state index < -0.39 is 6.48 Å². The van der Waals surface area contributed by atoms with Crippen LogP contribution in [0.3, 0.4) is 0 Å². The fraction of sp³-hybridized carbons (Fsp3) is 1.00. The maximum absolute atomic E-state index is 4.99. The lowest BCUT2D eigenvalue weighted by molar-refractivity contribution is -0.245. The van der Waals surface area contributed by atoms with Gasteiger partial charge in [0.25, 0.3) is 6.48 Å². The summed E-state index contributed by atoms with van der Waals surface area (Å²) in [6.45, 7) is -0.107. The quantitative estimate of drug-likeness (QED) is 0.530. The molecule has 1 heterocycles. The largest absolute Gasteiger partial charge is 0.353 e. The van der Waals surface area contributed by atoms with E-state index >= 15 is 0 Å². The topological polar surface area (TPSA) is 36.9 Å². The Morgan fingerprint density at radius 2 is 2.11 bits per heavy atom. The first-order valence-electron chi connectivity index (χ1n) is 2.69. The zero-order valence-corrected chi connectivity index (χ0v) is 5.49. The Labute approximate surface area is 53.6 Å². The van der Waals surface area contributed by atoms with E-state index in [1.54, 1.807) is 7.11 Å². The lowest BCUT2D eigenvalue weighted by Gasteiger charge is -2.06. The molecule has 0 aromatic heterocycles. The SMILES string of the molecule is COC1COC(OC)O1. The highest BCUT2D eigenvalue weighted by molar-refractivity contribution is 4.46. The van der Waals surface area contributed by atoms with Crippen molar-refractivity contribution >= 4 is 0 Å². The fourth-order valence-electron chi connectivity index (χ4n) is 0.607. The Hall–Kier alpha value is -0.160. The minimum Gasteiger partial charge on any atom is -0.353 e. The summed E-state index contributed by atoms with van der Waals surface area (Å²) < 4.78 is 19.5. The van der Waals surface area contributed by atoms with Crippen molar-refractivity contribution in [2.24, 2.45) is 0 Å². The highest BCUT2D eigenvalue weighted by Gasteiger charge is 2.24. The van der Waals surface area contributed by atoms with E-state index in [-0.39, 0.29) is 6.29 Å². The summed E-state index contributed by atoms with van der Waals surface area (Å²) >= 11 is 0. The molecule has 1 rings (SSSR count). The zero-order valence-electron chi connectivity index (χ0n) is 5.49. The van der Waals surface area contributed by atoms with Crippen LogP contribution in [0, 0.1) is 0 Å². The van der Waals surface area contributed by atoms with Gasteiger partial charge in [0.1, 0.15) is 6.61 Å². The summed E-state index contributed by atoms with van der Waals surface area (Å²) in [4.78, 5) is 0. The van der Waals surface area contributed by atoms with E-state index in [0.29, 0.717) is 6.61 Å². The molecule has 0 amide bonds. The Balaban J connectivity index is 2.20. The Kier molecular flexibility index (Phi) is 2.41. The molecular weight excluding hydrogens is 124 g/mol. The van der Waals surface area contributed by atoms with Crippen LogP contribution in [0.2, 0.25) is 0 Å². The number of hydrogen-bond donors (Lipinski definition) is 0. The van der Waals surface area contributed by atoms with Crippen LogP contribution in [0.4, 0.5) is 0 Å². The maximum Gasteiger partial charge on any atom is 0.273 e. The second-order valence-electron chi connectivity index (χ2n) is 1.66. The van der Waals surface area contributed by atoms with Crippen LogP contribution < -0.4 is 0 Å². The molecule has 0 aromatic carbocycles.